The maximum atomic E-state index is 13.5. The summed E-state index contributed by atoms with van der Waals surface area (Å²) in [6, 6.07) is 0. The summed E-state index contributed by atoms with van der Waals surface area (Å²) in [6.45, 7) is 1.85. The summed E-state index contributed by atoms with van der Waals surface area (Å²) in [5, 5.41) is 0. The summed E-state index contributed by atoms with van der Waals surface area (Å²) < 4.78 is 80.3. The van der Waals surface area contributed by atoms with Gasteiger partial charge in [-0.3, -0.25) is 9.59 Å². The highest BCUT2D eigenvalue weighted by Gasteiger charge is 2.28. The fourth-order valence-electron chi connectivity index (χ4n) is 2.96. The van der Waals surface area contributed by atoms with E-state index in [2.05, 4.69) is 11.7 Å². The van der Waals surface area contributed by atoms with Gasteiger partial charge in [-0.05, 0) is 6.42 Å². The molecular weight excluding hydrogens is 451 g/mol. The standard InChI is InChI=1S/C23H31F5O5/c1-2-3-4-5-6-7-8-9-10-11-16(29)32-15-14-31-13-12-17(30)33-23-21(27)19(25)18(24)20(26)22(23)28/h2-15H2,1H3. The molecule has 188 valence electrons. The van der Waals surface area contributed by atoms with Crippen molar-refractivity contribution in [1.29, 1.82) is 0 Å². The molecule has 1 rings (SSSR count). The maximum absolute atomic E-state index is 13.5. The van der Waals surface area contributed by atoms with Gasteiger partial charge < -0.3 is 14.2 Å². The Hall–Kier alpha value is -2.23. The average Bonchev–Trinajstić information content (AvgIpc) is 2.80. The van der Waals surface area contributed by atoms with Crippen LogP contribution in [0.15, 0.2) is 0 Å². The highest BCUT2D eigenvalue weighted by molar-refractivity contribution is 5.72. The van der Waals surface area contributed by atoms with E-state index < -0.39 is 47.2 Å². The first-order chi connectivity index (χ1) is 15.8. The smallest absolute Gasteiger partial charge is 0.313 e. The van der Waals surface area contributed by atoms with Crippen molar-refractivity contribution in [2.24, 2.45) is 0 Å². The third kappa shape index (κ3) is 11.0. The number of esters is 2. The molecule has 10 heteroatoms. The summed E-state index contributed by atoms with van der Waals surface area (Å²) in [5.41, 5.74) is 0. The van der Waals surface area contributed by atoms with Gasteiger partial charge in [-0.25, -0.2) is 13.2 Å². The molecule has 0 saturated heterocycles. The predicted molar refractivity (Wildman–Crippen MR) is 110 cm³/mol. The SMILES string of the molecule is CCCCCCCCCCCC(=O)OCCOCCC(=O)Oc1c(F)c(F)c(F)c(F)c1F. The van der Waals surface area contributed by atoms with Crippen molar-refractivity contribution in [3.63, 3.8) is 0 Å². The molecule has 0 bridgehead atoms. The van der Waals surface area contributed by atoms with Crippen molar-refractivity contribution in [3.8, 4) is 5.75 Å². The van der Waals surface area contributed by atoms with Crippen molar-refractivity contribution >= 4 is 11.9 Å². The van der Waals surface area contributed by atoms with Crippen molar-refractivity contribution < 1.29 is 45.8 Å². The van der Waals surface area contributed by atoms with Gasteiger partial charge in [0.25, 0.3) is 0 Å². The van der Waals surface area contributed by atoms with Crippen molar-refractivity contribution in [2.75, 3.05) is 19.8 Å². The number of carbonyl (C=O) groups excluding carboxylic acids is 2. The van der Waals surface area contributed by atoms with E-state index in [9.17, 15) is 31.5 Å². The van der Waals surface area contributed by atoms with Crippen LogP contribution in [0.2, 0.25) is 0 Å². The zero-order valence-corrected chi connectivity index (χ0v) is 18.8. The van der Waals surface area contributed by atoms with E-state index in [4.69, 9.17) is 9.47 Å². The molecule has 0 spiro atoms. The topological polar surface area (TPSA) is 61.8 Å². The Morgan fingerprint density at radius 1 is 0.606 bits per heavy atom. The first kappa shape index (κ1) is 28.8. The minimum atomic E-state index is -2.35. The van der Waals surface area contributed by atoms with Crippen LogP contribution in [0.3, 0.4) is 0 Å². The third-order valence-corrected chi connectivity index (χ3v) is 4.81. The van der Waals surface area contributed by atoms with E-state index >= 15 is 0 Å². The summed E-state index contributed by atoms with van der Waals surface area (Å²) >= 11 is 0. The van der Waals surface area contributed by atoms with Gasteiger partial charge in [-0.15, -0.1) is 0 Å². The molecule has 0 aliphatic carbocycles. The molecule has 0 heterocycles. The van der Waals surface area contributed by atoms with Gasteiger partial charge in [0.1, 0.15) is 6.61 Å². The first-order valence-corrected chi connectivity index (χ1v) is 11.2. The second-order valence-corrected chi connectivity index (χ2v) is 7.53. The summed E-state index contributed by atoms with van der Waals surface area (Å²) in [5.74, 6) is -14.5. The van der Waals surface area contributed by atoms with Crippen LogP contribution in [0, 0.1) is 29.1 Å². The lowest BCUT2D eigenvalue weighted by molar-refractivity contribution is -0.146. The van der Waals surface area contributed by atoms with Gasteiger partial charge in [0.2, 0.25) is 34.8 Å². The predicted octanol–water partition coefficient (Wildman–Crippen LogP) is 6.16. The third-order valence-electron chi connectivity index (χ3n) is 4.81. The molecule has 1 aromatic rings. The van der Waals surface area contributed by atoms with Gasteiger partial charge in [0.05, 0.1) is 19.6 Å². The molecule has 33 heavy (non-hydrogen) atoms. The Labute approximate surface area is 190 Å². The minimum Gasteiger partial charge on any atom is -0.463 e. The molecule has 0 radical (unpaired) electrons. The quantitative estimate of drug-likeness (QED) is 0.0665. The molecule has 0 aliphatic rings. The number of ether oxygens (including phenoxy) is 3. The van der Waals surface area contributed by atoms with Gasteiger partial charge >= 0.3 is 11.9 Å². The minimum absolute atomic E-state index is 0.0285. The zero-order chi connectivity index (χ0) is 24.6. The van der Waals surface area contributed by atoms with Crippen LogP contribution in [-0.4, -0.2) is 31.8 Å². The molecule has 0 fully saturated rings. The van der Waals surface area contributed by atoms with Crippen molar-refractivity contribution in [1.82, 2.24) is 0 Å². The lowest BCUT2D eigenvalue weighted by Gasteiger charge is -2.09. The van der Waals surface area contributed by atoms with E-state index in [1.807, 2.05) is 0 Å². The van der Waals surface area contributed by atoms with Crippen LogP contribution in [0.25, 0.3) is 0 Å². The number of benzene rings is 1. The van der Waals surface area contributed by atoms with E-state index in [1.165, 1.54) is 38.5 Å². The summed E-state index contributed by atoms with van der Waals surface area (Å²) in [7, 11) is 0. The van der Waals surface area contributed by atoms with Crippen LogP contribution in [0.5, 0.6) is 5.75 Å². The molecule has 0 N–H and O–H groups in total. The van der Waals surface area contributed by atoms with E-state index in [-0.39, 0.29) is 25.8 Å². The molecule has 1 aromatic carbocycles. The van der Waals surface area contributed by atoms with Crippen LogP contribution in [-0.2, 0) is 19.1 Å². The molecule has 0 aromatic heterocycles. The van der Waals surface area contributed by atoms with Gasteiger partial charge in [0, 0.05) is 6.42 Å². The van der Waals surface area contributed by atoms with Crippen molar-refractivity contribution in [2.45, 2.75) is 77.6 Å². The highest BCUT2D eigenvalue weighted by atomic mass is 19.2. The number of unbranched alkanes of at least 4 members (excludes halogenated alkanes) is 8. The summed E-state index contributed by atoms with van der Waals surface area (Å²) in [6.07, 6.45) is 10.0. The fraction of sp³-hybridized carbons (Fsp3) is 0.652. The van der Waals surface area contributed by atoms with E-state index in [0.29, 0.717) is 6.42 Å². The van der Waals surface area contributed by atoms with E-state index in [0.717, 1.165) is 19.3 Å². The Morgan fingerprint density at radius 2 is 1.12 bits per heavy atom. The van der Waals surface area contributed by atoms with Crippen LogP contribution in [0.4, 0.5) is 22.0 Å². The zero-order valence-electron chi connectivity index (χ0n) is 18.8. The Morgan fingerprint density at radius 3 is 1.70 bits per heavy atom. The average molecular weight is 482 g/mol. The Balaban J connectivity index is 2.09. The molecule has 5 nitrogen and oxygen atoms in total. The molecule has 0 amide bonds. The lowest BCUT2D eigenvalue weighted by atomic mass is 10.1. The molecule has 0 aliphatic heterocycles. The second kappa shape index (κ2) is 16.4. The number of hydrogen-bond donors (Lipinski definition) is 0. The van der Waals surface area contributed by atoms with Crippen LogP contribution < -0.4 is 4.74 Å². The highest BCUT2D eigenvalue weighted by Crippen LogP contribution is 2.29. The largest absolute Gasteiger partial charge is 0.463 e. The van der Waals surface area contributed by atoms with Gasteiger partial charge in [-0.2, -0.15) is 8.78 Å². The van der Waals surface area contributed by atoms with Crippen LogP contribution >= 0.6 is 0 Å². The van der Waals surface area contributed by atoms with Crippen molar-refractivity contribution in [3.05, 3.63) is 29.1 Å². The Bertz CT molecular complexity index is 728. The van der Waals surface area contributed by atoms with Gasteiger partial charge in [-0.1, -0.05) is 58.3 Å². The number of hydrogen-bond acceptors (Lipinski definition) is 5. The normalized spacial score (nSPS) is 11.0. The lowest BCUT2D eigenvalue weighted by Crippen LogP contribution is -2.16. The van der Waals surface area contributed by atoms with E-state index in [1.54, 1.807) is 0 Å². The van der Waals surface area contributed by atoms with Crippen LogP contribution in [0.1, 0.15) is 77.6 Å². The monoisotopic (exact) mass is 482 g/mol. The molecule has 0 saturated carbocycles. The fourth-order valence-corrected chi connectivity index (χ4v) is 2.96. The molecule has 0 atom stereocenters. The second-order valence-electron chi connectivity index (χ2n) is 7.53. The molecular formula is C23H31F5O5. The number of rotatable bonds is 17. The first-order valence-electron chi connectivity index (χ1n) is 11.2. The number of halogens is 5. The molecule has 0 unspecified atom stereocenters. The Kier molecular flexibility index (Phi) is 14.3. The maximum Gasteiger partial charge on any atom is 0.313 e. The number of carbonyl (C=O) groups is 2. The summed E-state index contributed by atoms with van der Waals surface area (Å²) in [4.78, 5) is 23.2. The van der Waals surface area contributed by atoms with Gasteiger partial charge in [0.15, 0.2) is 0 Å².